The Morgan fingerprint density at radius 1 is 1.23 bits per heavy atom. The molecule has 1 fully saturated rings. The van der Waals surface area contributed by atoms with Crippen LogP contribution in [-0.4, -0.2) is 21.9 Å². The standard InChI is InChI=1S/C16H17BrN4O/c1-9-7-11(17)3-6-13(9)20-15(22)14-8-10(2)18-16(21-14)19-12-4-5-12/h3,6-8,12H,4-5H2,1-2H3,(H,20,22)(H,18,19,21). The van der Waals surface area contributed by atoms with Crippen molar-refractivity contribution < 1.29 is 4.79 Å². The Morgan fingerprint density at radius 2 is 2.00 bits per heavy atom. The van der Waals surface area contributed by atoms with Crippen molar-refractivity contribution in [1.29, 1.82) is 0 Å². The van der Waals surface area contributed by atoms with Crippen molar-refractivity contribution in [3.05, 3.63) is 45.7 Å². The van der Waals surface area contributed by atoms with Crippen molar-refractivity contribution >= 4 is 33.5 Å². The van der Waals surface area contributed by atoms with Gasteiger partial charge in [0.15, 0.2) is 0 Å². The van der Waals surface area contributed by atoms with Crippen LogP contribution in [-0.2, 0) is 0 Å². The molecular weight excluding hydrogens is 344 g/mol. The minimum atomic E-state index is -0.227. The van der Waals surface area contributed by atoms with E-state index in [0.29, 0.717) is 17.7 Å². The number of anilines is 2. The molecule has 6 heteroatoms. The molecule has 1 saturated carbocycles. The number of carbonyl (C=O) groups excluding carboxylic acids is 1. The molecule has 0 atom stereocenters. The maximum absolute atomic E-state index is 12.4. The molecule has 2 N–H and O–H groups in total. The van der Waals surface area contributed by atoms with E-state index in [0.717, 1.165) is 34.3 Å². The van der Waals surface area contributed by atoms with Gasteiger partial charge in [0.25, 0.3) is 5.91 Å². The number of hydrogen-bond donors (Lipinski definition) is 2. The summed E-state index contributed by atoms with van der Waals surface area (Å²) in [5.74, 6) is 0.301. The molecule has 114 valence electrons. The second-order valence-electron chi connectivity index (χ2n) is 5.55. The highest BCUT2D eigenvalue weighted by Crippen LogP contribution is 2.23. The lowest BCUT2D eigenvalue weighted by Gasteiger charge is -2.10. The summed E-state index contributed by atoms with van der Waals surface area (Å²) < 4.78 is 0.983. The molecule has 0 spiro atoms. The maximum Gasteiger partial charge on any atom is 0.274 e. The largest absolute Gasteiger partial charge is 0.351 e. The summed E-state index contributed by atoms with van der Waals surface area (Å²) in [7, 11) is 0. The van der Waals surface area contributed by atoms with Gasteiger partial charge in [0.05, 0.1) is 0 Å². The van der Waals surface area contributed by atoms with Gasteiger partial charge >= 0.3 is 0 Å². The number of carbonyl (C=O) groups is 1. The minimum Gasteiger partial charge on any atom is -0.351 e. The number of rotatable bonds is 4. The lowest BCUT2D eigenvalue weighted by molar-refractivity contribution is 0.102. The zero-order valence-corrected chi connectivity index (χ0v) is 14.1. The molecule has 0 saturated heterocycles. The van der Waals surface area contributed by atoms with E-state index in [-0.39, 0.29) is 5.91 Å². The highest BCUT2D eigenvalue weighted by Gasteiger charge is 2.22. The van der Waals surface area contributed by atoms with Gasteiger partial charge in [0.2, 0.25) is 5.95 Å². The summed E-state index contributed by atoms with van der Waals surface area (Å²) in [4.78, 5) is 21.1. The molecule has 2 aromatic rings. The summed E-state index contributed by atoms with van der Waals surface area (Å²) in [6.45, 7) is 3.81. The topological polar surface area (TPSA) is 66.9 Å². The third kappa shape index (κ3) is 3.62. The molecule has 1 aliphatic rings. The van der Waals surface area contributed by atoms with Crippen LogP contribution in [0.25, 0.3) is 0 Å². The van der Waals surface area contributed by atoms with E-state index in [2.05, 4.69) is 36.5 Å². The Labute approximate surface area is 137 Å². The van der Waals surface area contributed by atoms with Crippen molar-refractivity contribution in [1.82, 2.24) is 9.97 Å². The average Bonchev–Trinajstić information content (AvgIpc) is 3.25. The molecule has 0 aliphatic heterocycles. The van der Waals surface area contributed by atoms with Crippen molar-refractivity contribution in [2.24, 2.45) is 0 Å². The van der Waals surface area contributed by atoms with Gasteiger partial charge < -0.3 is 10.6 Å². The summed E-state index contributed by atoms with van der Waals surface area (Å²) in [5, 5.41) is 6.13. The highest BCUT2D eigenvalue weighted by molar-refractivity contribution is 9.10. The first-order valence-electron chi connectivity index (χ1n) is 7.21. The lowest BCUT2D eigenvalue weighted by atomic mass is 10.2. The Morgan fingerprint density at radius 3 is 2.68 bits per heavy atom. The number of hydrogen-bond acceptors (Lipinski definition) is 4. The van der Waals surface area contributed by atoms with Gasteiger partial charge in [0, 0.05) is 21.9 Å². The second-order valence-corrected chi connectivity index (χ2v) is 6.47. The average molecular weight is 361 g/mol. The zero-order chi connectivity index (χ0) is 15.7. The van der Waals surface area contributed by atoms with Crippen molar-refractivity contribution in [2.45, 2.75) is 32.7 Å². The van der Waals surface area contributed by atoms with Gasteiger partial charge in [-0.2, -0.15) is 0 Å². The molecule has 1 heterocycles. The number of aryl methyl sites for hydroxylation is 2. The van der Waals surface area contributed by atoms with Gasteiger partial charge in [-0.1, -0.05) is 15.9 Å². The number of amides is 1. The number of benzene rings is 1. The summed E-state index contributed by atoms with van der Waals surface area (Å²) in [5.41, 5.74) is 2.92. The Bertz CT molecular complexity index is 728. The van der Waals surface area contributed by atoms with Crippen LogP contribution in [0.3, 0.4) is 0 Å². The second kappa shape index (κ2) is 6.04. The first kappa shape index (κ1) is 15.0. The van der Waals surface area contributed by atoms with Gasteiger partial charge in [0.1, 0.15) is 5.69 Å². The fourth-order valence-corrected chi connectivity index (χ4v) is 2.59. The Balaban J connectivity index is 1.80. The monoisotopic (exact) mass is 360 g/mol. The first-order valence-corrected chi connectivity index (χ1v) is 8.00. The van der Waals surface area contributed by atoms with E-state index >= 15 is 0 Å². The van der Waals surface area contributed by atoms with E-state index < -0.39 is 0 Å². The molecule has 5 nitrogen and oxygen atoms in total. The third-order valence-electron chi connectivity index (χ3n) is 3.43. The van der Waals surface area contributed by atoms with Crippen LogP contribution in [0.4, 0.5) is 11.6 Å². The lowest BCUT2D eigenvalue weighted by Crippen LogP contribution is -2.17. The summed E-state index contributed by atoms with van der Waals surface area (Å²) >= 11 is 3.41. The molecule has 1 aromatic heterocycles. The van der Waals surface area contributed by atoms with Crippen LogP contribution in [0.15, 0.2) is 28.7 Å². The number of aromatic nitrogens is 2. The van der Waals surface area contributed by atoms with Crippen molar-refractivity contribution in [3.63, 3.8) is 0 Å². The van der Waals surface area contributed by atoms with Crippen LogP contribution in [0.1, 0.15) is 34.6 Å². The van der Waals surface area contributed by atoms with Gasteiger partial charge in [-0.3, -0.25) is 4.79 Å². The third-order valence-corrected chi connectivity index (χ3v) is 3.93. The van der Waals surface area contributed by atoms with Gasteiger partial charge in [-0.15, -0.1) is 0 Å². The number of nitrogens with one attached hydrogen (secondary N) is 2. The first-order chi connectivity index (χ1) is 10.5. The predicted octanol–water partition coefficient (Wildman–Crippen LogP) is 3.68. The van der Waals surface area contributed by atoms with Crippen LogP contribution in [0, 0.1) is 13.8 Å². The summed E-state index contributed by atoms with van der Waals surface area (Å²) in [6, 6.07) is 7.87. The highest BCUT2D eigenvalue weighted by atomic mass is 79.9. The van der Waals surface area contributed by atoms with Gasteiger partial charge in [-0.25, -0.2) is 9.97 Å². The molecule has 1 aromatic carbocycles. The minimum absolute atomic E-state index is 0.227. The Kier molecular flexibility index (Phi) is 4.11. The molecule has 3 rings (SSSR count). The molecule has 0 bridgehead atoms. The molecule has 0 unspecified atom stereocenters. The fourth-order valence-electron chi connectivity index (χ4n) is 2.11. The van der Waals surface area contributed by atoms with Gasteiger partial charge in [-0.05, 0) is 56.5 Å². The van der Waals surface area contributed by atoms with Crippen LogP contribution >= 0.6 is 15.9 Å². The van der Waals surface area contributed by atoms with Crippen LogP contribution in [0.2, 0.25) is 0 Å². The van der Waals surface area contributed by atoms with Crippen molar-refractivity contribution in [2.75, 3.05) is 10.6 Å². The zero-order valence-electron chi connectivity index (χ0n) is 12.5. The van der Waals surface area contributed by atoms with E-state index in [4.69, 9.17) is 0 Å². The van der Waals surface area contributed by atoms with E-state index in [1.807, 2.05) is 32.0 Å². The Hall–Kier alpha value is -1.95. The normalized spacial score (nSPS) is 13.8. The number of nitrogens with zero attached hydrogens (tertiary/aromatic N) is 2. The number of halogens is 1. The van der Waals surface area contributed by atoms with Crippen molar-refractivity contribution in [3.8, 4) is 0 Å². The molecule has 0 radical (unpaired) electrons. The molecule has 22 heavy (non-hydrogen) atoms. The molecule has 1 amide bonds. The molecular formula is C16H17BrN4O. The predicted molar refractivity (Wildman–Crippen MR) is 90.2 cm³/mol. The summed E-state index contributed by atoms with van der Waals surface area (Å²) in [6.07, 6.45) is 2.27. The quantitative estimate of drug-likeness (QED) is 0.872. The van der Waals surface area contributed by atoms with E-state index in [1.54, 1.807) is 6.07 Å². The maximum atomic E-state index is 12.4. The van der Waals surface area contributed by atoms with Crippen LogP contribution in [0.5, 0.6) is 0 Å². The fraction of sp³-hybridized carbons (Fsp3) is 0.312. The van der Waals surface area contributed by atoms with E-state index in [9.17, 15) is 4.79 Å². The smallest absolute Gasteiger partial charge is 0.274 e. The molecule has 1 aliphatic carbocycles. The van der Waals surface area contributed by atoms with Crippen LogP contribution < -0.4 is 10.6 Å². The SMILES string of the molecule is Cc1cc(C(=O)Nc2ccc(Br)cc2C)nc(NC2CC2)n1. The van der Waals surface area contributed by atoms with E-state index in [1.165, 1.54) is 0 Å².